The number of hydrogen-bond donors (Lipinski definition) is 1. The van der Waals surface area contributed by atoms with Crippen molar-refractivity contribution in [3.8, 4) is 5.75 Å². The molecule has 8 nitrogen and oxygen atoms in total. The lowest BCUT2D eigenvalue weighted by molar-refractivity contribution is -0.387. The van der Waals surface area contributed by atoms with E-state index in [1.54, 1.807) is 30.3 Å². The average molecular weight is 412 g/mol. The van der Waals surface area contributed by atoms with Crippen molar-refractivity contribution in [2.75, 3.05) is 12.4 Å². The van der Waals surface area contributed by atoms with Crippen LogP contribution in [-0.4, -0.2) is 30.0 Å². The molecule has 0 heterocycles. The summed E-state index contributed by atoms with van der Waals surface area (Å²) in [6, 6.07) is 13.2. The zero-order chi connectivity index (χ0) is 21.8. The maximum absolute atomic E-state index is 13.4. The molecule has 0 aliphatic carbocycles. The molecule has 0 saturated carbocycles. The fraction of sp³-hybridized carbons (Fsp3) is 0.143. The number of hydrogen-bond acceptors (Lipinski definition) is 6. The molecule has 0 fully saturated rings. The fourth-order valence-corrected chi connectivity index (χ4v) is 2.88. The number of methoxy groups -OCH3 is 1. The third-order valence-electron chi connectivity index (χ3n) is 4.39. The van der Waals surface area contributed by atoms with E-state index in [1.807, 2.05) is 0 Å². The van der Waals surface area contributed by atoms with Crippen molar-refractivity contribution in [1.82, 2.24) is 0 Å². The highest BCUT2D eigenvalue weighted by Gasteiger charge is 2.22. The van der Waals surface area contributed by atoms with Crippen LogP contribution in [0, 0.1) is 15.9 Å². The summed E-state index contributed by atoms with van der Waals surface area (Å²) in [5, 5.41) is 14.5. The first-order chi connectivity index (χ1) is 14.3. The molecule has 9 heteroatoms. The third kappa shape index (κ3) is 4.19. The zero-order valence-electron chi connectivity index (χ0n) is 16.0. The van der Waals surface area contributed by atoms with Crippen LogP contribution in [0.5, 0.6) is 5.75 Å². The number of fused-ring (bicyclic) bond motifs is 1. The van der Waals surface area contributed by atoms with E-state index < -0.39 is 34.4 Å². The number of benzene rings is 3. The molecule has 0 aromatic heterocycles. The van der Waals surface area contributed by atoms with Crippen LogP contribution in [0.15, 0.2) is 54.6 Å². The Bertz CT molecular complexity index is 1150. The smallest absolute Gasteiger partial charge is 0.339 e. The lowest BCUT2D eigenvalue weighted by atomic mass is 10.0. The summed E-state index contributed by atoms with van der Waals surface area (Å²) < 4.78 is 24.0. The quantitative estimate of drug-likeness (QED) is 0.371. The maximum Gasteiger partial charge on any atom is 0.339 e. The molecule has 3 aromatic rings. The first-order valence-electron chi connectivity index (χ1n) is 8.83. The van der Waals surface area contributed by atoms with Crippen molar-refractivity contribution < 1.29 is 28.4 Å². The van der Waals surface area contributed by atoms with Gasteiger partial charge in [-0.25, -0.2) is 4.79 Å². The summed E-state index contributed by atoms with van der Waals surface area (Å²) in [4.78, 5) is 34.9. The number of nitrogens with one attached hydrogen (secondary N) is 1. The number of anilines is 1. The van der Waals surface area contributed by atoms with E-state index in [4.69, 9.17) is 9.47 Å². The number of rotatable bonds is 6. The summed E-state index contributed by atoms with van der Waals surface area (Å²) in [5.41, 5.74) is -0.517. The van der Waals surface area contributed by atoms with Crippen LogP contribution < -0.4 is 10.1 Å². The minimum absolute atomic E-state index is 0.00546. The van der Waals surface area contributed by atoms with E-state index in [9.17, 15) is 24.1 Å². The number of carbonyl (C=O) groups excluding carboxylic acids is 2. The van der Waals surface area contributed by atoms with Crippen molar-refractivity contribution in [2.24, 2.45) is 0 Å². The molecular formula is C21H17FN2O6. The second-order valence-electron chi connectivity index (χ2n) is 6.32. The predicted octanol–water partition coefficient (Wildman–Crippen LogP) is 4.08. The molecule has 30 heavy (non-hydrogen) atoms. The summed E-state index contributed by atoms with van der Waals surface area (Å²) >= 11 is 0. The van der Waals surface area contributed by atoms with Crippen molar-refractivity contribution in [2.45, 2.75) is 13.0 Å². The van der Waals surface area contributed by atoms with Gasteiger partial charge in [0.05, 0.1) is 17.6 Å². The number of nitrogens with zero attached hydrogens (tertiary/aromatic N) is 1. The van der Waals surface area contributed by atoms with Gasteiger partial charge in [0.2, 0.25) is 5.82 Å². The Morgan fingerprint density at radius 3 is 2.47 bits per heavy atom. The summed E-state index contributed by atoms with van der Waals surface area (Å²) in [6.07, 6.45) is -1.21. The van der Waals surface area contributed by atoms with E-state index >= 15 is 0 Å². The Labute approximate surface area is 170 Å². The van der Waals surface area contributed by atoms with Gasteiger partial charge in [-0.3, -0.25) is 14.9 Å². The monoisotopic (exact) mass is 412 g/mol. The molecule has 3 rings (SSSR count). The van der Waals surface area contributed by atoms with Gasteiger partial charge in [-0.1, -0.05) is 24.3 Å². The molecule has 0 aliphatic heterocycles. The van der Waals surface area contributed by atoms with Crippen LogP contribution >= 0.6 is 0 Å². The number of nitro benzene ring substituents is 1. The number of ether oxygens (including phenoxy) is 2. The summed E-state index contributed by atoms with van der Waals surface area (Å²) in [7, 11) is 1.52. The van der Waals surface area contributed by atoms with Gasteiger partial charge in [0, 0.05) is 17.1 Å². The van der Waals surface area contributed by atoms with Gasteiger partial charge in [0.1, 0.15) is 5.75 Å². The number of carbonyl (C=O) groups is 2. The molecule has 154 valence electrons. The van der Waals surface area contributed by atoms with Gasteiger partial charge in [-0.05, 0) is 36.6 Å². The Morgan fingerprint density at radius 2 is 1.80 bits per heavy atom. The second-order valence-corrected chi connectivity index (χ2v) is 6.32. The number of esters is 1. The van der Waals surface area contributed by atoms with Gasteiger partial charge >= 0.3 is 11.7 Å². The second kappa shape index (κ2) is 8.56. The normalized spacial score (nSPS) is 11.6. The molecular weight excluding hydrogens is 395 g/mol. The van der Waals surface area contributed by atoms with Crippen LogP contribution in [0.1, 0.15) is 17.3 Å². The van der Waals surface area contributed by atoms with Crippen molar-refractivity contribution in [3.05, 3.63) is 76.1 Å². The summed E-state index contributed by atoms with van der Waals surface area (Å²) in [6.45, 7) is 1.36. The lowest BCUT2D eigenvalue weighted by Crippen LogP contribution is -2.30. The topological polar surface area (TPSA) is 108 Å². The van der Waals surface area contributed by atoms with E-state index in [0.717, 1.165) is 12.1 Å². The summed E-state index contributed by atoms with van der Waals surface area (Å²) in [5.74, 6) is -1.88. The molecule has 0 bridgehead atoms. The molecule has 3 aromatic carbocycles. The molecule has 1 amide bonds. The average Bonchev–Trinajstić information content (AvgIpc) is 2.73. The zero-order valence-corrected chi connectivity index (χ0v) is 16.0. The third-order valence-corrected chi connectivity index (χ3v) is 4.39. The van der Waals surface area contributed by atoms with E-state index in [2.05, 4.69) is 5.32 Å². The van der Waals surface area contributed by atoms with Crippen molar-refractivity contribution >= 4 is 34.0 Å². The van der Waals surface area contributed by atoms with Crippen LogP contribution in [0.25, 0.3) is 10.8 Å². The number of halogens is 1. The molecule has 0 radical (unpaired) electrons. The Balaban J connectivity index is 1.76. The Hall–Kier alpha value is -4.01. The molecule has 0 unspecified atom stereocenters. The van der Waals surface area contributed by atoms with Crippen LogP contribution in [0.4, 0.5) is 15.8 Å². The molecule has 0 spiro atoms. The van der Waals surface area contributed by atoms with Crippen LogP contribution in [0.3, 0.4) is 0 Å². The first kappa shape index (κ1) is 20.7. The van der Waals surface area contributed by atoms with Gasteiger partial charge < -0.3 is 14.8 Å². The van der Waals surface area contributed by atoms with E-state index in [0.29, 0.717) is 16.5 Å². The highest BCUT2D eigenvalue weighted by Crippen LogP contribution is 2.29. The first-order valence-corrected chi connectivity index (χ1v) is 8.83. The highest BCUT2D eigenvalue weighted by atomic mass is 19.1. The highest BCUT2D eigenvalue weighted by molar-refractivity contribution is 6.07. The van der Waals surface area contributed by atoms with Gasteiger partial charge in [0.15, 0.2) is 6.10 Å². The van der Waals surface area contributed by atoms with Crippen molar-refractivity contribution in [3.63, 3.8) is 0 Å². The Kier molecular flexibility index (Phi) is 5.91. The van der Waals surface area contributed by atoms with Gasteiger partial charge in [-0.2, -0.15) is 4.39 Å². The van der Waals surface area contributed by atoms with Crippen LogP contribution in [-0.2, 0) is 9.53 Å². The van der Waals surface area contributed by atoms with Crippen molar-refractivity contribution in [1.29, 1.82) is 0 Å². The number of nitro groups is 1. The molecule has 0 saturated heterocycles. The molecule has 1 N–H and O–H groups in total. The minimum atomic E-state index is -1.21. The molecule has 1 atom stereocenters. The van der Waals surface area contributed by atoms with E-state index in [1.165, 1.54) is 26.2 Å². The predicted molar refractivity (Wildman–Crippen MR) is 107 cm³/mol. The fourth-order valence-electron chi connectivity index (χ4n) is 2.88. The lowest BCUT2D eigenvalue weighted by Gasteiger charge is -2.15. The largest absolute Gasteiger partial charge is 0.496 e. The van der Waals surface area contributed by atoms with Gasteiger partial charge in [0.25, 0.3) is 5.91 Å². The minimum Gasteiger partial charge on any atom is -0.496 e. The maximum atomic E-state index is 13.4. The van der Waals surface area contributed by atoms with E-state index in [-0.39, 0.29) is 11.3 Å². The Morgan fingerprint density at radius 1 is 1.10 bits per heavy atom. The number of amides is 1. The van der Waals surface area contributed by atoms with Crippen LogP contribution in [0.2, 0.25) is 0 Å². The van der Waals surface area contributed by atoms with Gasteiger partial charge in [-0.15, -0.1) is 0 Å². The molecule has 0 aliphatic rings. The SMILES string of the molecule is COc1ccc(C(=O)O[C@H](C)C(=O)Nc2ccc(F)c([N+](=O)[O-])c2)c2ccccc12. The standard InChI is InChI=1S/C21H17FN2O6/c1-12(20(25)23-13-7-9-17(22)18(11-13)24(27)28)30-21(26)16-8-10-19(29-2)15-6-4-3-5-14(15)16/h3-12H,1-2H3,(H,23,25)/t12-/m1/s1.